The smallest absolute Gasteiger partial charge is 0.337 e. The summed E-state index contributed by atoms with van der Waals surface area (Å²) in [5.41, 5.74) is 2.35. The molecule has 2 heterocycles. The van der Waals surface area contributed by atoms with Crippen molar-refractivity contribution in [2.45, 2.75) is 19.7 Å². The summed E-state index contributed by atoms with van der Waals surface area (Å²) >= 11 is 0. The molecule has 0 saturated heterocycles. The molecule has 0 saturated carbocycles. The minimum absolute atomic E-state index is 0.0302. The summed E-state index contributed by atoms with van der Waals surface area (Å²) in [5.74, 6) is -1.79. The Morgan fingerprint density at radius 2 is 1.76 bits per heavy atom. The lowest BCUT2D eigenvalue weighted by Gasteiger charge is -2.18. The van der Waals surface area contributed by atoms with Gasteiger partial charge in [-0.3, -0.25) is 9.69 Å². The number of rotatable bonds is 10. The number of methoxy groups -OCH3 is 1. The summed E-state index contributed by atoms with van der Waals surface area (Å²) in [7, 11) is -2.18. The number of fused-ring (bicyclic) bond motifs is 2. The molecule has 1 N–H and O–H groups in total. The summed E-state index contributed by atoms with van der Waals surface area (Å²) < 4.78 is 60.2. The molecule has 1 aliphatic heterocycles. The highest BCUT2D eigenvalue weighted by Crippen LogP contribution is 2.32. The summed E-state index contributed by atoms with van der Waals surface area (Å²) in [6, 6.07) is 14.3. The van der Waals surface area contributed by atoms with Gasteiger partial charge in [0.25, 0.3) is 5.91 Å². The van der Waals surface area contributed by atoms with Crippen LogP contribution in [0.2, 0.25) is 0 Å². The highest BCUT2D eigenvalue weighted by atomic mass is 32.2. The van der Waals surface area contributed by atoms with Gasteiger partial charge in [0.15, 0.2) is 5.71 Å². The number of aromatic nitrogens is 2. The molecule has 0 unspecified atom stereocenters. The number of ether oxygens (including phenoxy) is 1. The Balaban J connectivity index is 1.42. The van der Waals surface area contributed by atoms with Gasteiger partial charge in [0, 0.05) is 24.7 Å². The second kappa shape index (κ2) is 11.7. The Hall–Kier alpha value is -4.69. The molecule has 11 nitrogen and oxygen atoms in total. The topological polar surface area (TPSA) is 132 Å². The van der Waals surface area contributed by atoms with E-state index in [1.165, 1.54) is 48.4 Å². The molecule has 4 aromatic rings. The van der Waals surface area contributed by atoms with Crippen molar-refractivity contribution < 1.29 is 36.4 Å². The highest BCUT2D eigenvalue weighted by molar-refractivity contribution is 7.88. The molecule has 218 valence electrons. The van der Waals surface area contributed by atoms with Gasteiger partial charge >= 0.3 is 5.97 Å². The minimum Gasteiger partial charge on any atom is -0.465 e. The van der Waals surface area contributed by atoms with Crippen molar-refractivity contribution in [2.24, 2.45) is 5.16 Å². The molecular weight excluding hydrogens is 572 g/mol. The van der Waals surface area contributed by atoms with Crippen LogP contribution in [0.15, 0.2) is 65.8 Å². The average Bonchev–Trinajstić information content (AvgIpc) is 3.41. The van der Waals surface area contributed by atoms with E-state index < -0.39 is 33.5 Å². The van der Waals surface area contributed by atoms with E-state index >= 15 is 0 Å². The Morgan fingerprint density at radius 3 is 2.48 bits per heavy atom. The largest absolute Gasteiger partial charge is 0.465 e. The molecule has 0 aliphatic carbocycles. The van der Waals surface area contributed by atoms with Crippen LogP contribution in [0.3, 0.4) is 0 Å². The van der Waals surface area contributed by atoms with Crippen LogP contribution in [0.25, 0.3) is 11.0 Å². The molecule has 1 aliphatic rings. The highest BCUT2D eigenvalue weighted by Gasteiger charge is 2.36. The molecule has 0 radical (unpaired) electrons. The van der Waals surface area contributed by atoms with Crippen molar-refractivity contribution in [1.29, 1.82) is 0 Å². The second-order valence-corrected chi connectivity index (χ2v) is 11.3. The van der Waals surface area contributed by atoms with Crippen molar-refractivity contribution in [1.82, 2.24) is 14.3 Å². The van der Waals surface area contributed by atoms with Gasteiger partial charge in [-0.2, -0.15) is 0 Å². The number of amides is 1. The molecule has 5 rings (SSSR count). The Morgan fingerprint density at radius 1 is 1.05 bits per heavy atom. The van der Waals surface area contributed by atoms with Crippen LogP contribution in [-0.2, 0) is 44.1 Å². The Labute approximate surface area is 239 Å². The number of benzene rings is 3. The maximum Gasteiger partial charge on any atom is 0.337 e. The predicted molar refractivity (Wildman–Crippen MR) is 149 cm³/mol. The van der Waals surface area contributed by atoms with Crippen LogP contribution < -0.4 is 9.62 Å². The third kappa shape index (κ3) is 6.14. The van der Waals surface area contributed by atoms with E-state index in [2.05, 4.69) is 19.6 Å². The molecule has 3 aromatic carbocycles. The van der Waals surface area contributed by atoms with Crippen molar-refractivity contribution in [3.05, 3.63) is 94.8 Å². The zero-order valence-electron chi connectivity index (χ0n) is 22.5. The number of imidazole rings is 1. The van der Waals surface area contributed by atoms with E-state index in [1.807, 2.05) is 0 Å². The molecule has 42 heavy (non-hydrogen) atoms. The number of sulfonamides is 1. The third-order valence-corrected chi connectivity index (χ3v) is 7.23. The zero-order valence-corrected chi connectivity index (χ0v) is 23.3. The van der Waals surface area contributed by atoms with E-state index in [0.717, 1.165) is 6.26 Å². The minimum atomic E-state index is -3.46. The fourth-order valence-corrected chi connectivity index (χ4v) is 5.03. The SMILES string of the molecule is COC(=O)c1ccc(CON=C2C(=O)N(Cc3nc4cc(F)ccc4n3CCNS(C)(=O)=O)c3ccc(F)cc32)cc1. The summed E-state index contributed by atoms with van der Waals surface area (Å²) in [4.78, 5) is 36.5. The lowest BCUT2D eigenvalue weighted by Crippen LogP contribution is -2.32. The van der Waals surface area contributed by atoms with Gasteiger partial charge in [-0.05, 0) is 48.0 Å². The number of hydrogen-bond donors (Lipinski definition) is 1. The van der Waals surface area contributed by atoms with E-state index in [1.54, 1.807) is 28.8 Å². The fourth-order valence-electron chi connectivity index (χ4n) is 4.56. The van der Waals surface area contributed by atoms with Crippen molar-refractivity contribution in [3.63, 3.8) is 0 Å². The van der Waals surface area contributed by atoms with Gasteiger partial charge in [-0.25, -0.2) is 31.7 Å². The van der Waals surface area contributed by atoms with Gasteiger partial charge in [0.1, 0.15) is 24.1 Å². The van der Waals surface area contributed by atoms with Crippen LogP contribution >= 0.6 is 0 Å². The standard InChI is InChI=1S/C28H25F2N5O6S/c1-40-28(37)18-5-3-17(4-6-18)16-41-33-26-21-13-19(29)7-9-23(21)35(27(26)36)15-25-32-22-14-20(30)8-10-24(22)34(25)12-11-31-42(2,38)39/h3-10,13-14,31H,11-12,15-16H2,1-2H3. The number of oxime groups is 1. The van der Waals surface area contributed by atoms with Gasteiger partial charge in [0.2, 0.25) is 10.0 Å². The molecule has 14 heteroatoms. The zero-order chi connectivity index (χ0) is 30.0. The fraction of sp³-hybridized carbons (Fsp3) is 0.214. The van der Waals surface area contributed by atoms with Gasteiger partial charge in [0.05, 0.1) is 42.2 Å². The lowest BCUT2D eigenvalue weighted by molar-refractivity contribution is -0.112. The molecule has 1 amide bonds. The van der Waals surface area contributed by atoms with Crippen molar-refractivity contribution in [3.8, 4) is 0 Å². The first-order valence-corrected chi connectivity index (χ1v) is 14.5. The van der Waals surface area contributed by atoms with Crippen LogP contribution in [0.5, 0.6) is 0 Å². The van der Waals surface area contributed by atoms with Crippen LogP contribution in [-0.4, -0.2) is 55.5 Å². The van der Waals surface area contributed by atoms with Crippen molar-refractivity contribution >= 4 is 44.3 Å². The monoisotopic (exact) mass is 597 g/mol. The Kier molecular flexibility index (Phi) is 8.00. The van der Waals surface area contributed by atoms with Gasteiger partial charge < -0.3 is 14.1 Å². The van der Waals surface area contributed by atoms with Crippen molar-refractivity contribution in [2.75, 3.05) is 24.8 Å². The first-order chi connectivity index (χ1) is 20.0. The summed E-state index contributed by atoms with van der Waals surface area (Å²) in [6.07, 6.45) is 1.04. The van der Waals surface area contributed by atoms with Gasteiger partial charge in [-0.1, -0.05) is 17.3 Å². The van der Waals surface area contributed by atoms with E-state index in [-0.39, 0.29) is 37.5 Å². The maximum atomic E-state index is 14.2. The number of nitrogens with zero attached hydrogens (tertiary/aromatic N) is 4. The third-order valence-electron chi connectivity index (χ3n) is 6.50. The number of halogens is 2. The quantitative estimate of drug-likeness (QED) is 0.220. The van der Waals surface area contributed by atoms with Crippen LogP contribution in [0, 0.1) is 11.6 Å². The summed E-state index contributed by atoms with van der Waals surface area (Å²) in [5, 5.41) is 4.01. The number of esters is 1. The number of nitrogens with one attached hydrogen (secondary N) is 1. The predicted octanol–water partition coefficient (Wildman–Crippen LogP) is 3.12. The molecule has 0 fully saturated rings. The van der Waals surface area contributed by atoms with E-state index in [4.69, 9.17) is 4.84 Å². The van der Waals surface area contributed by atoms with Crippen LogP contribution in [0.4, 0.5) is 14.5 Å². The van der Waals surface area contributed by atoms with E-state index in [9.17, 15) is 26.8 Å². The van der Waals surface area contributed by atoms with Crippen LogP contribution in [0.1, 0.15) is 27.3 Å². The molecule has 0 atom stereocenters. The number of anilines is 1. The first-order valence-electron chi connectivity index (χ1n) is 12.6. The number of carbonyl (C=O) groups excluding carboxylic acids is 2. The normalized spacial score (nSPS) is 14.0. The molecule has 0 bridgehead atoms. The first kappa shape index (κ1) is 28.8. The maximum absolute atomic E-state index is 14.2. The second-order valence-electron chi connectivity index (χ2n) is 9.43. The average molecular weight is 598 g/mol. The Bertz CT molecular complexity index is 1820. The number of hydrogen-bond acceptors (Lipinski definition) is 8. The van der Waals surface area contributed by atoms with Gasteiger partial charge in [-0.15, -0.1) is 0 Å². The molecule has 1 aromatic heterocycles. The summed E-state index contributed by atoms with van der Waals surface area (Å²) in [6.45, 7) is 0.0610. The van der Waals surface area contributed by atoms with E-state index in [0.29, 0.717) is 33.7 Å². The molecule has 0 spiro atoms. The lowest BCUT2D eigenvalue weighted by atomic mass is 10.1. The number of carbonyl (C=O) groups is 2. The molecular formula is C28H25F2N5O6S.